The molecule has 0 spiro atoms. The van der Waals surface area contributed by atoms with Crippen LogP contribution in [0.1, 0.15) is 37.8 Å². The van der Waals surface area contributed by atoms with E-state index in [2.05, 4.69) is 60.1 Å². The summed E-state index contributed by atoms with van der Waals surface area (Å²) in [6.45, 7) is 9.29. The lowest BCUT2D eigenvalue weighted by molar-refractivity contribution is 0.252. The maximum absolute atomic E-state index is 3.64. The molecule has 20 heavy (non-hydrogen) atoms. The Balaban J connectivity index is 1.63. The second-order valence-corrected chi connectivity index (χ2v) is 8.54. The van der Waals surface area contributed by atoms with Crippen molar-refractivity contribution in [3.8, 4) is 0 Å². The Morgan fingerprint density at radius 1 is 1.25 bits per heavy atom. The molecule has 0 bridgehead atoms. The van der Waals surface area contributed by atoms with Gasteiger partial charge in [-0.3, -0.25) is 4.90 Å². The SMILES string of the molecule is CC1(C)CN(Cc2ccccc2CNC2CC2)CCS1. The molecule has 1 heterocycles. The molecule has 0 radical (unpaired) electrons. The van der Waals surface area contributed by atoms with E-state index in [0.717, 1.165) is 19.1 Å². The Labute approximate surface area is 127 Å². The van der Waals surface area contributed by atoms with Gasteiger partial charge in [-0.25, -0.2) is 0 Å². The van der Waals surface area contributed by atoms with E-state index in [0.29, 0.717) is 4.75 Å². The third-order valence-electron chi connectivity index (χ3n) is 4.18. The van der Waals surface area contributed by atoms with Gasteiger partial charge in [-0.1, -0.05) is 24.3 Å². The predicted molar refractivity (Wildman–Crippen MR) is 88.1 cm³/mol. The van der Waals surface area contributed by atoms with Crippen LogP contribution >= 0.6 is 11.8 Å². The molecule has 2 nitrogen and oxygen atoms in total. The fourth-order valence-electron chi connectivity index (χ4n) is 2.92. The molecule has 1 aliphatic carbocycles. The molecule has 0 aromatic heterocycles. The standard InChI is InChI=1S/C17H26N2S/c1-17(2)13-19(9-10-20-17)12-15-6-4-3-5-14(15)11-18-16-7-8-16/h3-6,16,18H,7-13H2,1-2H3. The minimum atomic E-state index is 0.402. The van der Waals surface area contributed by atoms with Gasteiger partial charge in [-0.15, -0.1) is 0 Å². The number of thioether (sulfide) groups is 1. The molecule has 0 amide bonds. The molecule has 110 valence electrons. The van der Waals surface area contributed by atoms with Gasteiger partial charge < -0.3 is 5.32 Å². The average molecular weight is 290 g/mol. The van der Waals surface area contributed by atoms with Crippen molar-refractivity contribution in [1.82, 2.24) is 10.2 Å². The number of nitrogens with one attached hydrogen (secondary N) is 1. The van der Waals surface area contributed by atoms with Gasteiger partial charge in [-0.05, 0) is 37.8 Å². The van der Waals surface area contributed by atoms with Crippen LogP contribution < -0.4 is 5.32 Å². The predicted octanol–water partition coefficient (Wildman–Crippen LogP) is 3.27. The zero-order chi connectivity index (χ0) is 14.0. The monoisotopic (exact) mass is 290 g/mol. The highest BCUT2D eigenvalue weighted by atomic mass is 32.2. The van der Waals surface area contributed by atoms with Gasteiger partial charge in [0.25, 0.3) is 0 Å². The lowest BCUT2D eigenvalue weighted by Gasteiger charge is -2.37. The quantitative estimate of drug-likeness (QED) is 0.896. The van der Waals surface area contributed by atoms with E-state index in [4.69, 9.17) is 0 Å². The van der Waals surface area contributed by atoms with Gasteiger partial charge in [0.2, 0.25) is 0 Å². The van der Waals surface area contributed by atoms with E-state index in [1.54, 1.807) is 0 Å². The van der Waals surface area contributed by atoms with Crippen molar-refractivity contribution in [2.45, 2.75) is 50.6 Å². The first-order valence-corrected chi connectivity index (χ1v) is 8.77. The number of rotatable bonds is 5. The molecule has 1 N–H and O–H groups in total. The summed E-state index contributed by atoms with van der Waals surface area (Å²) in [5.41, 5.74) is 2.98. The number of hydrogen-bond acceptors (Lipinski definition) is 3. The molecule has 3 heteroatoms. The summed E-state index contributed by atoms with van der Waals surface area (Å²) in [4.78, 5) is 2.62. The van der Waals surface area contributed by atoms with E-state index in [9.17, 15) is 0 Å². The maximum Gasteiger partial charge on any atom is 0.0237 e. The second-order valence-electron chi connectivity index (χ2n) is 6.74. The Morgan fingerprint density at radius 3 is 2.70 bits per heavy atom. The topological polar surface area (TPSA) is 15.3 Å². The molecule has 1 saturated carbocycles. The van der Waals surface area contributed by atoms with Gasteiger partial charge in [0.1, 0.15) is 0 Å². The molecule has 1 saturated heterocycles. The molecule has 0 unspecified atom stereocenters. The van der Waals surface area contributed by atoms with Crippen LogP contribution in [0.4, 0.5) is 0 Å². The summed E-state index contributed by atoms with van der Waals surface area (Å²) in [7, 11) is 0. The molecule has 0 atom stereocenters. The largest absolute Gasteiger partial charge is 0.310 e. The molecule has 1 aromatic rings. The zero-order valence-corrected chi connectivity index (χ0v) is 13.5. The van der Waals surface area contributed by atoms with Crippen LogP contribution in [-0.2, 0) is 13.1 Å². The van der Waals surface area contributed by atoms with Gasteiger partial charge >= 0.3 is 0 Å². The first-order chi connectivity index (χ1) is 9.62. The van der Waals surface area contributed by atoms with Crippen LogP contribution in [0, 0.1) is 0 Å². The summed E-state index contributed by atoms with van der Waals surface area (Å²) >= 11 is 2.11. The van der Waals surface area contributed by atoms with Crippen LogP contribution in [0.5, 0.6) is 0 Å². The van der Waals surface area contributed by atoms with Crippen LogP contribution in [0.2, 0.25) is 0 Å². The van der Waals surface area contributed by atoms with E-state index in [-0.39, 0.29) is 0 Å². The minimum Gasteiger partial charge on any atom is -0.310 e. The van der Waals surface area contributed by atoms with Crippen LogP contribution in [-0.4, -0.2) is 34.5 Å². The highest BCUT2D eigenvalue weighted by molar-refractivity contribution is 8.00. The lowest BCUT2D eigenvalue weighted by atomic mass is 10.1. The smallest absolute Gasteiger partial charge is 0.0237 e. The first-order valence-electron chi connectivity index (χ1n) is 7.79. The molecule has 2 fully saturated rings. The summed E-state index contributed by atoms with van der Waals surface area (Å²) in [5, 5.41) is 3.64. The number of benzene rings is 1. The number of nitrogens with zero attached hydrogens (tertiary/aromatic N) is 1. The van der Waals surface area contributed by atoms with Gasteiger partial charge in [0.15, 0.2) is 0 Å². The molecule has 3 rings (SSSR count). The van der Waals surface area contributed by atoms with E-state index < -0.39 is 0 Å². The Hall–Kier alpha value is -0.510. The van der Waals surface area contributed by atoms with Crippen molar-refractivity contribution in [3.05, 3.63) is 35.4 Å². The van der Waals surface area contributed by atoms with Crippen LogP contribution in [0.25, 0.3) is 0 Å². The zero-order valence-electron chi connectivity index (χ0n) is 12.7. The molecular formula is C17H26N2S. The van der Waals surface area contributed by atoms with Gasteiger partial charge in [0, 0.05) is 42.7 Å². The van der Waals surface area contributed by atoms with Crippen molar-refractivity contribution in [2.24, 2.45) is 0 Å². The Kier molecular flexibility index (Phi) is 4.39. The van der Waals surface area contributed by atoms with Crippen molar-refractivity contribution >= 4 is 11.8 Å². The van der Waals surface area contributed by atoms with Crippen LogP contribution in [0.3, 0.4) is 0 Å². The van der Waals surface area contributed by atoms with Gasteiger partial charge in [0.05, 0.1) is 0 Å². The normalized spacial score (nSPS) is 22.9. The first kappa shape index (κ1) is 14.4. The summed E-state index contributed by atoms with van der Waals surface area (Å²) in [6.07, 6.45) is 2.72. The molecular weight excluding hydrogens is 264 g/mol. The minimum absolute atomic E-state index is 0.402. The van der Waals surface area contributed by atoms with E-state index >= 15 is 0 Å². The fourth-order valence-corrected chi connectivity index (χ4v) is 4.09. The molecule has 1 aliphatic heterocycles. The second kappa shape index (κ2) is 6.08. The highest BCUT2D eigenvalue weighted by Crippen LogP contribution is 2.30. The van der Waals surface area contributed by atoms with Crippen molar-refractivity contribution < 1.29 is 0 Å². The average Bonchev–Trinajstić information content (AvgIpc) is 3.21. The third kappa shape index (κ3) is 4.00. The summed E-state index contributed by atoms with van der Waals surface area (Å²) in [5.74, 6) is 1.26. The third-order valence-corrected chi connectivity index (χ3v) is 5.47. The maximum atomic E-state index is 3.64. The molecule has 2 aliphatic rings. The highest BCUT2D eigenvalue weighted by Gasteiger charge is 2.27. The van der Waals surface area contributed by atoms with Crippen molar-refractivity contribution in [3.63, 3.8) is 0 Å². The van der Waals surface area contributed by atoms with Crippen LogP contribution in [0.15, 0.2) is 24.3 Å². The number of hydrogen-bond donors (Lipinski definition) is 1. The lowest BCUT2D eigenvalue weighted by Crippen LogP contribution is -2.42. The van der Waals surface area contributed by atoms with Crippen molar-refractivity contribution in [1.29, 1.82) is 0 Å². The van der Waals surface area contributed by atoms with E-state index in [1.807, 2.05) is 0 Å². The Morgan fingerprint density at radius 2 is 2.00 bits per heavy atom. The van der Waals surface area contributed by atoms with E-state index in [1.165, 1.54) is 42.8 Å². The fraction of sp³-hybridized carbons (Fsp3) is 0.647. The summed E-state index contributed by atoms with van der Waals surface area (Å²) < 4.78 is 0.402. The summed E-state index contributed by atoms with van der Waals surface area (Å²) in [6, 6.07) is 9.73. The van der Waals surface area contributed by atoms with Gasteiger partial charge in [-0.2, -0.15) is 11.8 Å². The Bertz CT molecular complexity index is 454. The molecule has 1 aromatic carbocycles. The van der Waals surface area contributed by atoms with Crippen molar-refractivity contribution in [2.75, 3.05) is 18.8 Å².